The molecule has 0 spiro atoms. The van der Waals surface area contributed by atoms with E-state index in [1.807, 2.05) is 6.92 Å². The first-order chi connectivity index (χ1) is 5.57. The molecule has 0 rings (SSSR count). The fourth-order valence-electron chi connectivity index (χ4n) is 0.809. The van der Waals surface area contributed by atoms with Gasteiger partial charge >= 0.3 is 0 Å². The summed E-state index contributed by atoms with van der Waals surface area (Å²) < 4.78 is 5.24. The molecule has 1 atom stereocenters. The zero-order valence-corrected chi connectivity index (χ0v) is 8.08. The maximum absolute atomic E-state index is 5.28. The van der Waals surface area contributed by atoms with E-state index in [0.717, 1.165) is 0 Å². The summed E-state index contributed by atoms with van der Waals surface area (Å²) in [5.74, 6) is 0.534. The summed E-state index contributed by atoms with van der Waals surface area (Å²) in [7, 11) is 0. The van der Waals surface area contributed by atoms with Crippen molar-refractivity contribution >= 4 is 5.96 Å². The second kappa shape index (κ2) is 5.83. The van der Waals surface area contributed by atoms with Crippen LogP contribution < -0.4 is 11.5 Å². The number of ether oxygens (including phenoxy) is 1. The molecular weight excluding hydrogens is 154 g/mol. The van der Waals surface area contributed by atoms with E-state index in [9.17, 15) is 0 Å². The van der Waals surface area contributed by atoms with Crippen LogP contribution in [0.15, 0.2) is 4.99 Å². The molecule has 0 saturated heterocycles. The quantitative estimate of drug-likeness (QED) is 0.464. The van der Waals surface area contributed by atoms with E-state index < -0.39 is 0 Å². The van der Waals surface area contributed by atoms with Gasteiger partial charge in [0.25, 0.3) is 0 Å². The topological polar surface area (TPSA) is 73.6 Å². The standard InChI is InChI=1S/C8H19N3O/c1-4-12-5-7(6(2)3)11-8(9)10/h6-7H,4-5H2,1-3H3,(H4,9,10,11). The van der Waals surface area contributed by atoms with Gasteiger partial charge in [-0.25, -0.2) is 4.99 Å². The van der Waals surface area contributed by atoms with E-state index >= 15 is 0 Å². The lowest BCUT2D eigenvalue weighted by atomic mass is 10.1. The molecule has 0 heterocycles. The van der Waals surface area contributed by atoms with Crippen molar-refractivity contribution in [3.63, 3.8) is 0 Å². The second-order valence-electron chi connectivity index (χ2n) is 3.02. The number of hydrogen-bond donors (Lipinski definition) is 2. The minimum absolute atomic E-state index is 0.0787. The van der Waals surface area contributed by atoms with Crippen LogP contribution in [-0.2, 0) is 4.74 Å². The average molecular weight is 173 g/mol. The van der Waals surface area contributed by atoms with Gasteiger partial charge in [-0.15, -0.1) is 0 Å². The Balaban J connectivity index is 3.96. The summed E-state index contributed by atoms with van der Waals surface area (Å²) in [5, 5.41) is 0. The molecule has 0 aromatic heterocycles. The highest BCUT2D eigenvalue weighted by Crippen LogP contribution is 2.06. The van der Waals surface area contributed by atoms with Crippen LogP contribution in [0.2, 0.25) is 0 Å². The van der Waals surface area contributed by atoms with E-state index in [2.05, 4.69) is 18.8 Å². The summed E-state index contributed by atoms with van der Waals surface area (Å²) in [6.07, 6.45) is 0. The SMILES string of the molecule is CCOCC(N=C(N)N)C(C)C. The highest BCUT2D eigenvalue weighted by molar-refractivity contribution is 5.75. The lowest BCUT2D eigenvalue weighted by Crippen LogP contribution is -2.29. The van der Waals surface area contributed by atoms with Gasteiger partial charge in [0, 0.05) is 6.61 Å². The van der Waals surface area contributed by atoms with Gasteiger partial charge in [-0.05, 0) is 12.8 Å². The van der Waals surface area contributed by atoms with Crippen LogP contribution in [0.3, 0.4) is 0 Å². The van der Waals surface area contributed by atoms with Crippen molar-refractivity contribution in [2.45, 2.75) is 26.8 Å². The van der Waals surface area contributed by atoms with E-state index in [-0.39, 0.29) is 12.0 Å². The Bertz CT molecular complexity index is 141. The fraction of sp³-hybridized carbons (Fsp3) is 0.875. The Labute approximate surface area is 74.0 Å². The molecule has 0 aliphatic rings. The number of rotatable bonds is 5. The van der Waals surface area contributed by atoms with Crippen LogP contribution in [0.5, 0.6) is 0 Å². The number of nitrogens with two attached hydrogens (primary N) is 2. The molecule has 12 heavy (non-hydrogen) atoms. The third kappa shape index (κ3) is 4.96. The lowest BCUT2D eigenvalue weighted by molar-refractivity contribution is 0.122. The second-order valence-corrected chi connectivity index (χ2v) is 3.02. The van der Waals surface area contributed by atoms with Gasteiger partial charge in [0.15, 0.2) is 5.96 Å². The van der Waals surface area contributed by atoms with Crippen LogP contribution >= 0.6 is 0 Å². The van der Waals surface area contributed by atoms with Crippen molar-refractivity contribution in [1.29, 1.82) is 0 Å². The molecule has 0 saturated carbocycles. The first-order valence-electron chi connectivity index (χ1n) is 4.24. The van der Waals surface area contributed by atoms with Gasteiger partial charge in [0.05, 0.1) is 12.6 Å². The highest BCUT2D eigenvalue weighted by atomic mass is 16.5. The predicted molar refractivity (Wildman–Crippen MR) is 50.9 cm³/mol. The summed E-state index contributed by atoms with van der Waals surface area (Å²) in [4.78, 5) is 4.06. The Morgan fingerprint density at radius 2 is 2.00 bits per heavy atom. The van der Waals surface area contributed by atoms with Gasteiger partial charge in [-0.1, -0.05) is 13.8 Å². The first-order valence-corrected chi connectivity index (χ1v) is 4.24. The molecule has 72 valence electrons. The van der Waals surface area contributed by atoms with Crippen LogP contribution in [-0.4, -0.2) is 25.2 Å². The summed E-state index contributed by atoms with van der Waals surface area (Å²) in [6.45, 7) is 7.37. The van der Waals surface area contributed by atoms with Gasteiger partial charge in [-0.3, -0.25) is 0 Å². The average Bonchev–Trinajstić information content (AvgIpc) is 1.96. The molecule has 1 unspecified atom stereocenters. The minimum atomic E-state index is 0.0787. The monoisotopic (exact) mass is 173 g/mol. The summed E-state index contributed by atoms with van der Waals surface area (Å²) in [5.41, 5.74) is 10.6. The van der Waals surface area contributed by atoms with Gasteiger partial charge in [0.2, 0.25) is 0 Å². The number of nitrogens with zero attached hydrogens (tertiary/aromatic N) is 1. The number of aliphatic imine (C=N–C) groups is 1. The minimum Gasteiger partial charge on any atom is -0.380 e. The van der Waals surface area contributed by atoms with E-state index in [0.29, 0.717) is 19.1 Å². The molecule has 0 fully saturated rings. The molecule has 0 radical (unpaired) electrons. The van der Waals surface area contributed by atoms with Crippen LogP contribution in [0, 0.1) is 5.92 Å². The number of hydrogen-bond acceptors (Lipinski definition) is 2. The summed E-state index contributed by atoms with van der Waals surface area (Å²) >= 11 is 0. The van der Waals surface area contributed by atoms with Crippen molar-refractivity contribution in [2.24, 2.45) is 22.4 Å². The van der Waals surface area contributed by atoms with Crippen molar-refractivity contribution in [1.82, 2.24) is 0 Å². The molecule has 4 N–H and O–H groups in total. The molecular formula is C8H19N3O. The Hall–Kier alpha value is -0.770. The zero-order valence-electron chi connectivity index (χ0n) is 8.08. The normalized spacial score (nSPS) is 13.0. The first kappa shape index (κ1) is 11.2. The highest BCUT2D eigenvalue weighted by Gasteiger charge is 2.11. The predicted octanol–water partition coefficient (Wildman–Crippen LogP) is 0.321. The van der Waals surface area contributed by atoms with Crippen LogP contribution in [0.4, 0.5) is 0 Å². The number of guanidine groups is 1. The molecule has 4 nitrogen and oxygen atoms in total. The summed E-state index contributed by atoms with van der Waals surface area (Å²) in [6, 6.07) is 0.0787. The molecule has 0 aromatic rings. The van der Waals surface area contributed by atoms with Crippen molar-refractivity contribution < 1.29 is 4.74 Å². The van der Waals surface area contributed by atoms with Gasteiger partial charge < -0.3 is 16.2 Å². The van der Waals surface area contributed by atoms with E-state index in [1.54, 1.807) is 0 Å². The van der Waals surface area contributed by atoms with Crippen molar-refractivity contribution in [3.8, 4) is 0 Å². The Kier molecular flexibility index (Phi) is 5.45. The maximum Gasteiger partial charge on any atom is 0.186 e. The Morgan fingerprint density at radius 1 is 1.42 bits per heavy atom. The van der Waals surface area contributed by atoms with E-state index in [1.165, 1.54) is 0 Å². The van der Waals surface area contributed by atoms with Crippen molar-refractivity contribution in [2.75, 3.05) is 13.2 Å². The smallest absolute Gasteiger partial charge is 0.186 e. The largest absolute Gasteiger partial charge is 0.380 e. The molecule has 0 amide bonds. The van der Waals surface area contributed by atoms with Crippen LogP contribution in [0.1, 0.15) is 20.8 Å². The van der Waals surface area contributed by atoms with Crippen LogP contribution in [0.25, 0.3) is 0 Å². The van der Waals surface area contributed by atoms with E-state index in [4.69, 9.17) is 16.2 Å². The molecule has 0 aliphatic carbocycles. The molecule has 0 aliphatic heterocycles. The molecule has 4 heteroatoms. The van der Waals surface area contributed by atoms with Gasteiger partial charge in [0.1, 0.15) is 0 Å². The lowest BCUT2D eigenvalue weighted by Gasteiger charge is -2.15. The Morgan fingerprint density at radius 3 is 2.33 bits per heavy atom. The fourth-order valence-corrected chi connectivity index (χ4v) is 0.809. The third-order valence-electron chi connectivity index (χ3n) is 1.58. The maximum atomic E-state index is 5.28. The molecule has 0 bridgehead atoms. The molecule has 0 aromatic carbocycles. The zero-order chi connectivity index (χ0) is 9.56. The van der Waals surface area contributed by atoms with Crippen molar-refractivity contribution in [3.05, 3.63) is 0 Å². The van der Waals surface area contributed by atoms with Gasteiger partial charge in [-0.2, -0.15) is 0 Å². The third-order valence-corrected chi connectivity index (χ3v) is 1.58.